The lowest BCUT2D eigenvalue weighted by Crippen LogP contribution is -2.45. The van der Waals surface area contributed by atoms with Crippen LogP contribution in [-0.2, 0) is 4.79 Å². The maximum atomic E-state index is 11.9. The minimum atomic E-state index is -0.881. The van der Waals surface area contributed by atoms with E-state index in [0.29, 0.717) is 0 Å². The van der Waals surface area contributed by atoms with E-state index in [9.17, 15) is 9.90 Å². The van der Waals surface area contributed by atoms with Gasteiger partial charge in [-0.1, -0.05) is 6.07 Å². The number of carbonyl (C=O) groups excluding carboxylic acids is 1. The SMILES string of the molecule is Cl.N[C@@H](C(=O)N1CCCC1)[C@@H](O)c1cccs1. The highest BCUT2D eigenvalue weighted by molar-refractivity contribution is 7.10. The van der Waals surface area contributed by atoms with Crippen molar-refractivity contribution in [1.29, 1.82) is 0 Å². The second kappa shape index (κ2) is 6.35. The molecule has 0 unspecified atom stereocenters. The maximum Gasteiger partial charge on any atom is 0.242 e. The zero-order chi connectivity index (χ0) is 11.5. The highest BCUT2D eigenvalue weighted by Crippen LogP contribution is 2.22. The zero-order valence-corrected chi connectivity index (χ0v) is 11.0. The molecule has 0 bridgehead atoms. The molecule has 3 N–H and O–H groups in total. The molecule has 1 aromatic rings. The zero-order valence-electron chi connectivity index (χ0n) is 9.41. The van der Waals surface area contributed by atoms with Crippen LogP contribution >= 0.6 is 23.7 Å². The first kappa shape index (κ1) is 14.4. The van der Waals surface area contributed by atoms with Gasteiger partial charge >= 0.3 is 0 Å². The largest absolute Gasteiger partial charge is 0.385 e. The number of amides is 1. The summed E-state index contributed by atoms with van der Waals surface area (Å²) in [5, 5.41) is 11.8. The van der Waals surface area contributed by atoms with Gasteiger partial charge in [0.05, 0.1) is 0 Å². The molecule has 1 aliphatic rings. The molecule has 17 heavy (non-hydrogen) atoms. The third kappa shape index (κ3) is 3.19. The van der Waals surface area contributed by atoms with E-state index < -0.39 is 12.1 Å². The van der Waals surface area contributed by atoms with Crippen molar-refractivity contribution in [3.05, 3.63) is 22.4 Å². The normalized spacial score (nSPS) is 18.6. The fourth-order valence-electron chi connectivity index (χ4n) is 1.92. The van der Waals surface area contributed by atoms with Gasteiger partial charge in [-0.25, -0.2) is 0 Å². The molecule has 1 aromatic heterocycles. The summed E-state index contributed by atoms with van der Waals surface area (Å²) in [6.07, 6.45) is 1.19. The summed E-state index contributed by atoms with van der Waals surface area (Å²) in [6.45, 7) is 1.54. The van der Waals surface area contributed by atoms with Gasteiger partial charge in [-0.3, -0.25) is 4.79 Å². The summed E-state index contributed by atoms with van der Waals surface area (Å²) in [7, 11) is 0. The van der Waals surface area contributed by atoms with E-state index in [-0.39, 0.29) is 18.3 Å². The standard InChI is InChI=1S/C11H16N2O2S.ClH/c12-9(10(14)8-4-3-7-16-8)11(15)13-5-1-2-6-13;/h3-4,7,9-10,14H,1-2,5-6,12H2;1H/t9-,10+;/m1./s1. The van der Waals surface area contributed by atoms with Crippen LogP contribution in [0.2, 0.25) is 0 Å². The summed E-state index contributed by atoms with van der Waals surface area (Å²) in [4.78, 5) is 14.4. The number of thiophene rings is 1. The van der Waals surface area contributed by atoms with Crippen LogP contribution in [0, 0.1) is 0 Å². The maximum absolute atomic E-state index is 11.9. The molecule has 0 aromatic carbocycles. The average molecular weight is 277 g/mol. The molecule has 2 rings (SSSR count). The summed E-state index contributed by atoms with van der Waals surface area (Å²) >= 11 is 1.42. The molecule has 1 fully saturated rings. The number of aliphatic hydroxyl groups excluding tert-OH is 1. The minimum Gasteiger partial charge on any atom is -0.385 e. The molecule has 1 aliphatic heterocycles. The molecule has 96 valence electrons. The molecule has 0 spiro atoms. The van der Waals surface area contributed by atoms with Crippen molar-refractivity contribution < 1.29 is 9.90 Å². The topological polar surface area (TPSA) is 66.6 Å². The first-order chi connectivity index (χ1) is 7.70. The first-order valence-electron chi connectivity index (χ1n) is 5.46. The van der Waals surface area contributed by atoms with Gasteiger partial charge in [0.15, 0.2) is 0 Å². The van der Waals surface area contributed by atoms with Gasteiger partial charge in [0.2, 0.25) is 5.91 Å². The van der Waals surface area contributed by atoms with Crippen LogP contribution in [0.15, 0.2) is 17.5 Å². The van der Waals surface area contributed by atoms with Crippen molar-refractivity contribution >= 4 is 29.7 Å². The van der Waals surface area contributed by atoms with E-state index in [1.807, 2.05) is 11.4 Å². The molecule has 0 saturated carbocycles. The quantitative estimate of drug-likeness (QED) is 0.870. The molecular weight excluding hydrogens is 260 g/mol. The lowest BCUT2D eigenvalue weighted by molar-refractivity contribution is -0.134. The van der Waals surface area contributed by atoms with Crippen molar-refractivity contribution in [3.63, 3.8) is 0 Å². The number of nitrogens with two attached hydrogens (primary N) is 1. The predicted molar refractivity (Wildman–Crippen MR) is 70.3 cm³/mol. The van der Waals surface area contributed by atoms with Crippen molar-refractivity contribution in [3.8, 4) is 0 Å². The predicted octanol–water partition coefficient (Wildman–Crippen LogP) is 1.15. The van der Waals surface area contributed by atoms with Crippen molar-refractivity contribution in [1.82, 2.24) is 4.90 Å². The van der Waals surface area contributed by atoms with E-state index in [1.54, 1.807) is 11.0 Å². The Kier molecular flexibility index (Phi) is 5.39. The summed E-state index contributed by atoms with van der Waals surface area (Å²) in [6, 6.07) is 2.81. The number of hydrogen-bond acceptors (Lipinski definition) is 4. The van der Waals surface area contributed by atoms with Crippen LogP contribution in [0.3, 0.4) is 0 Å². The molecule has 0 aliphatic carbocycles. The fraction of sp³-hybridized carbons (Fsp3) is 0.545. The molecule has 2 atom stereocenters. The third-order valence-electron chi connectivity index (χ3n) is 2.88. The Morgan fingerprint density at radius 1 is 1.47 bits per heavy atom. The number of likely N-dealkylation sites (tertiary alicyclic amines) is 1. The average Bonchev–Trinajstić information content (AvgIpc) is 2.97. The van der Waals surface area contributed by atoms with Gasteiger partial charge in [-0.15, -0.1) is 23.7 Å². The van der Waals surface area contributed by atoms with E-state index in [0.717, 1.165) is 30.8 Å². The number of carbonyl (C=O) groups is 1. The summed E-state index contributed by atoms with van der Waals surface area (Å²) in [5.41, 5.74) is 5.80. The Hall–Kier alpha value is -0.620. The van der Waals surface area contributed by atoms with Crippen LogP contribution in [0.5, 0.6) is 0 Å². The van der Waals surface area contributed by atoms with E-state index in [2.05, 4.69) is 0 Å². The molecular formula is C11H17ClN2O2S. The number of rotatable bonds is 3. The molecule has 2 heterocycles. The monoisotopic (exact) mass is 276 g/mol. The summed E-state index contributed by atoms with van der Waals surface area (Å²) < 4.78 is 0. The second-order valence-corrected chi connectivity index (χ2v) is 5.00. The highest BCUT2D eigenvalue weighted by atomic mass is 35.5. The van der Waals surface area contributed by atoms with Crippen LogP contribution in [-0.4, -0.2) is 35.0 Å². The van der Waals surface area contributed by atoms with Crippen LogP contribution in [0.25, 0.3) is 0 Å². The highest BCUT2D eigenvalue weighted by Gasteiger charge is 2.30. The van der Waals surface area contributed by atoms with Crippen LogP contribution in [0.4, 0.5) is 0 Å². The van der Waals surface area contributed by atoms with Gasteiger partial charge in [-0.2, -0.15) is 0 Å². The Morgan fingerprint density at radius 3 is 2.65 bits per heavy atom. The lowest BCUT2D eigenvalue weighted by Gasteiger charge is -2.23. The van der Waals surface area contributed by atoms with Crippen LogP contribution in [0.1, 0.15) is 23.8 Å². The minimum absolute atomic E-state index is 0. The van der Waals surface area contributed by atoms with Gasteiger partial charge in [0, 0.05) is 18.0 Å². The molecule has 1 amide bonds. The number of halogens is 1. The van der Waals surface area contributed by atoms with Gasteiger partial charge in [0.1, 0.15) is 12.1 Å². The lowest BCUT2D eigenvalue weighted by atomic mass is 10.1. The Balaban J connectivity index is 0.00000144. The van der Waals surface area contributed by atoms with Gasteiger partial charge in [-0.05, 0) is 24.3 Å². The Labute approximate surface area is 111 Å². The Morgan fingerprint density at radius 2 is 2.12 bits per heavy atom. The van der Waals surface area contributed by atoms with Crippen molar-refractivity contribution in [2.45, 2.75) is 25.0 Å². The molecule has 1 saturated heterocycles. The summed E-state index contributed by atoms with van der Waals surface area (Å²) in [5.74, 6) is -0.140. The van der Waals surface area contributed by atoms with E-state index in [4.69, 9.17) is 5.73 Å². The first-order valence-corrected chi connectivity index (χ1v) is 6.34. The number of hydrogen-bond donors (Lipinski definition) is 2. The fourth-order valence-corrected chi connectivity index (χ4v) is 2.68. The second-order valence-electron chi connectivity index (χ2n) is 4.02. The van der Waals surface area contributed by atoms with Crippen molar-refractivity contribution in [2.75, 3.05) is 13.1 Å². The molecule has 6 heteroatoms. The molecule has 0 radical (unpaired) electrons. The van der Waals surface area contributed by atoms with Gasteiger partial charge in [0.25, 0.3) is 0 Å². The third-order valence-corrected chi connectivity index (χ3v) is 3.82. The molecule has 4 nitrogen and oxygen atoms in total. The van der Waals surface area contributed by atoms with Gasteiger partial charge < -0.3 is 15.7 Å². The Bertz CT molecular complexity index is 352. The van der Waals surface area contributed by atoms with Crippen LogP contribution < -0.4 is 5.73 Å². The number of nitrogens with zero attached hydrogens (tertiary/aromatic N) is 1. The number of aliphatic hydroxyl groups is 1. The van der Waals surface area contributed by atoms with E-state index >= 15 is 0 Å². The van der Waals surface area contributed by atoms with E-state index in [1.165, 1.54) is 11.3 Å². The van der Waals surface area contributed by atoms with Crippen molar-refractivity contribution in [2.24, 2.45) is 5.73 Å². The smallest absolute Gasteiger partial charge is 0.242 e.